The summed E-state index contributed by atoms with van der Waals surface area (Å²) in [4.78, 5) is 22.8. The second-order valence-electron chi connectivity index (χ2n) is 8.55. The molecular weight excluding hydrogens is 461 g/mol. The second kappa shape index (κ2) is 10.2. The van der Waals surface area contributed by atoms with Gasteiger partial charge in [0, 0.05) is 38.3 Å². The van der Waals surface area contributed by atoms with Crippen molar-refractivity contribution in [1.82, 2.24) is 20.1 Å². The number of benzene rings is 2. The van der Waals surface area contributed by atoms with E-state index in [0.717, 1.165) is 43.9 Å². The van der Waals surface area contributed by atoms with Crippen LogP contribution in [-0.2, 0) is 6.18 Å². The van der Waals surface area contributed by atoms with Gasteiger partial charge in [-0.25, -0.2) is 4.98 Å². The predicted molar refractivity (Wildman–Crippen MR) is 128 cm³/mol. The quantitative estimate of drug-likeness (QED) is 0.539. The summed E-state index contributed by atoms with van der Waals surface area (Å²) >= 11 is 1.19. The van der Waals surface area contributed by atoms with Crippen LogP contribution in [0.15, 0.2) is 54.6 Å². The maximum Gasteiger partial charge on any atom is 0.416 e. The molecule has 1 fully saturated rings. The van der Waals surface area contributed by atoms with Crippen molar-refractivity contribution in [3.05, 3.63) is 76.3 Å². The molecule has 1 saturated heterocycles. The van der Waals surface area contributed by atoms with E-state index in [-0.39, 0.29) is 11.9 Å². The van der Waals surface area contributed by atoms with Crippen molar-refractivity contribution >= 4 is 17.2 Å². The van der Waals surface area contributed by atoms with Crippen LogP contribution in [0.1, 0.15) is 32.5 Å². The van der Waals surface area contributed by atoms with Crippen molar-refractivity contribution in [2.24, 2.45) is 0 Å². The monoisotopic (exact) mass is 488 g/mol. The largest absolute Gasteiger partial charge is 0.416 e. The number of nitrogens with zero attached hydrogens (tertiary/aromatic N) is 3. The summed E-state index contributed by atoms with van der Waals surface area (Å²) in [5.74, 6) is -0.226. The number of rotatable bonds is 6. The highest BCUT2D eigenvalue weighted by molar-refractivity contribution is 7.17. The van der Waals surface area contributed by atoms with Crippen molar-refractivity contribution in [3.63, 3.8) is 0 Å². The number of amides is 1. The Morgan fingerprint density at radius 1 is 1.06 bits per heavy atom. The Balaban J connectivity index is 1.52. The lowest BCUT2D eigenvalue weighted by Crippen LogP contribution is -2.47. The first-order valence-electron chi connectivity index (χ1n) is 11.1. The average molecular weight is 489 g/mol. The van der Waals surface area contributed by atoms with E-state index >= 15 is 0 Å². The maximum atomic E-state index is 13.3. The molecule has 1 aliphatic heterocycles. The number of carbonyl (C=O) groups excluding carboxylic acids is 1. The molecule has 1 amide bonds. The van der Waals surface area contributed by atoms with Crippen LogP contribution >= 0.6 is 11.3 Å². The molecule has 1 atom stereocenters. The third kappa shape index (κ3) is 5.84. The van der Waals surface area contributed by atoms with Gasteiger partial charge in [-0.15, -0.1) is 11.3 Å². The van der Waals surface area contributed by atoms with E-state index in [2.05, 4.69) is 27.1 Å². The summed E-state index contributed by atoms with van der Waals surface area (Å²) in [5.41, 5.74) is 1.43. The zero-order chi connectivity index (χ0) is 24.3. The van der Waals surface area contributed by atoms with Gasteiger partial charge >= 0.3 is 6.18 Å². The molecule has 2 heterocycles. The Hall–Kier alpha value is -2.75. The SMILES string of the molecule is Cc1nc(-c2ccc(C(F)(F)F)cc2)sc1C(=O)NC(CN1CCN(C)CC1)c1ccccc1. The third-order valence-electron chi connectivity index (χ3n) is 6.01. The highest BCUT2D eigenvalue weighted by Crippen LogP contribution is 2.33. The third-order valence-corrected chi connectivity index (χ3v) is 7.21. The standard InChI is InChI=1S/C25H27F3N4OS/c1-17-22(34-24(29-17)19-8-10-20(11-9-19)25(26,27)28)23(33)30-21(18-6-4-3-5-7-18)16-32-14-12-31(2)13-15-32/h3-11,21H,12-16H2,1-2H3,(H,30,33). The molecule has 180 valence electrons. The molecule has 34 heavy (non-hydrogen) atoms. The minimum absolute atomic E-state index is 0.187. The van der Waals surface area contributed by atoms with E-state index in [9.17, 15) is 18.0 Å². The average Bonchev–Trinajstić information content (AvgIpc) is 3.22. The zero-order valence-electron chi connectivity index (χ0n) is 19.1. The van der Waals surface area contributed by atoms with Gasteiger partial charge in [-0.05, 0) is 31.7 Å². The number of alkyl halides is 3. The number of aryl methyl sites for hydroxylation is 1. The van der Waals surface area contributed by atoms with Crippen LogP contribution in [0.4, 0.5) is 13.2 Å². The molecule has 5 nitrogen and oxygen atoms in total. The number of likely N-dealkylation sites (N-methyl/N-ethyl adjacent to an activating group) is 1. The number of nitrogens with one attached hydrogen (secondary N) is 1. The van der Waals surface area contributed by atoms with Gasteiger partial charge in [-0.2, -0.15) is 13.2 Å². The number of piperazine rings is 1. The molecule has 0 bridgehead atoms. The van der Waals surface area contributed by atoms with Crippen LogP contribution in [0.3, 0.4) is 0 Å². The normalized spacial score (nSPS) is 16.4. The first-order chi connectivity index (χ1) is 16.2. The van der Waals surface area contributed by atoms with E-state index in [1.54, 1.807) is 6.92 Å². The number of aromatic nitrogens is 1. The number of carbonyl (C=O) groups is 1. The van der Waals surface area contributed by atoms with E-state index in [4.69, 9.17) is 0 Å². The summed E-state index contributed by atoms with van der Waals surface area (Å²) in [6, 6.07) is 14.5. The van der Waals surface area contributed by atoms with Crippen molar-refractivity contribution in [1.29, 1.82) is 0 Å². The van der Waals surface area contributed by atoms with Gasteiger partial charge in [-0.1, -0.05) is 42.5 Å². The lowest BCUT2D eigenvalue weighted by atomic mass is 10.1. The van der Waals surface area contributed by atoms with Gasteiger partial charge in [0.05, 0.1) is 17.3 Å². The summed E-state index contributed by atoms with van der Waals surface area (Å²) in [5, 5.41) is 3.69. The smallest absolute Gasteiger partial charge is 0.343 e. The first-order valence-corrected chi connectivity index (χ1v) is 11.9. The summed E-state index contributed by atoms with van der Waals surface area (Å²) in [7, 11) is 2.11. The van der Waals surface area contributed by atoms with Crippen molar-refractivity contribution in [3.8, 4) is 10.6 Å². The zero-order valence-corrected chi connectivity index (χ0v) is 19.9. The molecule has 3 aromatic rings. The highest BCUT2D eigenvalue weighted by atomic mass is 32.1. The second-order valence-corrected chi connectivity index (χ2v) is 9.55. The Bertz CT molecular complexity index is 1110. The molecule has 1 aromatic heterocycles. The van der Waals surface area contributed by atoms with E-state index in [1.807, 2.05) is 30.3 Å². The number of thiazole rings is 1. The first kappa shape index (κ1) is 24.4. The van der Waals surface area contributed by atoms with Crippen LogP contribution in [0, 0.1) is 6.92 Å². The summed E-state index contributed by atoms with van der Waals surface area (Å²) in [6.45, 7) is 6.30. The molecule has 9 heteroatoms. The molecule has 0 saturated carbocycles. The van der Waals surface area contributed by atoms with Crippen LogP contribution in [0.5, 0.6) is 0 Å². The van der Waals surface area contributed by atoms with Gasteiger partial charge in [0.15, 0.2) is 0 Å². The van der Waals surface area contributed by atoms with Gasteiger partial charge in [-0.3, -0.25) is 9.69 Å². The Morgan fingerprint density at radius 2 is 1.71 bits per heavy atom. The molecule has 1 N–H and O–H groups in total. The van der Waals surface area contributed by atoms with Crippen molar-refractivity contribution in [2.75, 3.05) is 39.8 Å². The number of hydrogen-bond acceptors (Lipinski definition) is 5. The fourth-order valence-corrected chi connectivity index (χ4v) is 4.94. The lowest BCUT2D eigenvalue weighted by Gasteiger charge is -2.35. The van der Waals surface area contributed by atoms with Gasteiger partial charge < -0.3 is 10.2 Å². The van der Waals surface area contributed by atoms with Crippen LogP contribution < -0.4 is 5.32 Å². The number of hydrogen-bond donors (Lipinski definition) is 1. The van der Waals surface area contributed by atoms with Gasteiger partial charge in [0.25, 0.3) is 5.91 Å². The van der Waals surface area contributed by atoms with Gasteiger partial charge in [0.2, 0.25) is 0 Å². The van der Waals surface area contributed by atoms with Gasteiger partial charge in [0.1, 0.15) is 9.88 Å². The Labute approximate surface area is 201 Å². The number of halogens is 3. The Morgan fingerprint density at radius 3 is 2.32 bits per heavy atom. The molecule has 0 spiro atoms. The molecular formula is C25H27F3N4OS. The predicted octanol–water partition coefficient (Wildman–Crippen LogP) is 4.86. The Kier molecular flexibility index (Phi) is 7.35. The highest BCUT2D eigenvalue weighted by Gasteiger charge is 2.30. The van der Waals surface area contributed by atoms with Crippen LogP contribution in [0.2, 0.25) is 0 Å². The fourth-order valence-electron chi connectivity index (χ4n) is 3.96. The molecule has 1 unspecified atom stereocenters. The molecule has 4 rings (SSSR count). The van der Waals surface area contributed by atoms with Crippen LogP contribution in [-0.4, -0.2) is 60.5 Å². The van der Waals surface area contributed by atoms with Crippen molar-refractivity contribution < 1.29 is 18.0 Å². The minimum atomic E-state index is -4.39. The molecule has 1 aliphatic rings. The maximum absolute atomic E-state index is 13.3. The van der Waals surface area contributed by atoms with E-state index in [0.29, 0.717) is 27.7 Å². The molecule has 2 aromatic carbocycles. The van der Waals surface area contributed by atoms with Crippen molar-refractivity contribution in [2.45, 2.75) is 19.1 Å². The topological polar surface area (TPSA) is 48.5 Å². The fraction of sp³-hybridized carbons (Fsp3) is 0.360. The molecule has 0 aliphatic carbocycles. The summed E-state index contributed by atoms with van der Waals surface area (Å²) < 4.78 is 38.6. The van der Waals surface area contributed by atoms with E-state index in [1.165, 1.54) is 23.5 Å². The summed E-state index contributed by atoms with van der Waals surface area (Å²) in [6.07, 6.45) is -4.39. The van der Waals surface area contributed by atoms with Crippen LogP contribution in [0.25, 0.3) is 10.6 Å². The lowest BCUT2D eigenvalue weighted by molar-refractivity contribution is -0.137. The molecule has 0 radical (unpaired) electrons. The minimum Gasteiger partial charge on any atom is -0.343 e. The van der Waals surface area contributed by atoms with E-state index < -0.39 is 11.7 Å².